The number of benzene rings is 2. The van der Waals surface area contributed by atoms with Crippen molar-refractivity contribution in [2.45, 2.75) is 37.0 Å². The highest BCUT2D eigenvalue weighted by atomic mass is 35.5. The molecule has 1 atom stereocenters. The molecular formula is C26H25ClF2N2O3S. The minimum Gasteiger partial charge on any atom is -0.339 e. The number of likely N-dealkylation sites (tertiary alicyclic amines) is 1. The van der Waals surface area contributed by atoms with Gasteiger partial charge in [0.25, 0.3) is 15.9 Å². The largest absolute Gasteiger partial charge is 0.339 e. The monoisotopic (exact) mass is 518 g/mol. The van der Waals surface area contributed by atoms with Crippen molar-refractivity contribution in [2.24, 2.45) is 11.8 Å². The molecule has 1 aliphatic carbocycles. The van der Waals surface area contributed by atoms with Crippen molar-refractivity contribution in [2.75, 3.05) is 13.1 Å². The molecule has 2 heterocycles. The third kappa shape index (κ3) is 4.61. The van der Waals surface area contributed by atoms with Crippen molar-refractivity contribution >= 4 is 38.4 Å². The van der Waals surface area contributed by atoms with Crippen LogP contribution < -0.4 is 0 Å². The Hall–Kier alpha value is -2.71. The maximum atomic E-state index is 13.8. The molecule has 1 unspecified atom stereocenters. The van der Waals surface area contributed by atoms with Gasteiger partial charge < -0.3 is 4.90 Å². The van der Waals surface area contributed by atoms with Crippen LogP contribution in [0.3, 0.4) is 0 Å². The molecule has 1 aliphatic heterocycles. The highest BCUT2D eigenvalue weighted by Crippen LogP contribution is 2.34. The quantitative estimate of drug-likeness (QED) is 0.397. The Balaban J connectivity index is 1.48. The van der Waals surface area contributed by atoms with Crippen molar-refractivity contribution in [3.63, 3.8) is 0 Å². The average Bonchev–Trinajstić information content (AvgIpc) is 3.23. The van der Waals surface area contributed by atoms with Gasteiger partial charge in [-0.25, -0.2) is 21.2 Å². The molecule has 1 fully saturated rings. The van der Waals surface area contributed by atoms with E-state index < -0.39 is 26.6 Å². The van der Waals surface area contributed by atoms with E-state index in [1.54, 1.807) is 17.0 Å². The number of halogens is 3. The van der Waals surface area contributed by atoms with E-state index in [0.29, 0.717) is 36.4 Å². The average molecular weight is 519 g/mol. The Labute approximate surface area is 208 Å². The number of nitrogens with zero attached hydrogens (tertiary/aromatic N) is 2. The molecular weight excluding hydrogens is 494 g/mol. The lowest BCUT2D eigenvalue weighted by atomic mass is 9.79. The van der Waals surface area contributed by atoms with E-state index in [0.717, 1.165) is 35.4 Å². The number of carbonyl (C=O) groups is 1. The number of rotatable bonds is 4. The number of aromatic nitrogens is 1. The van der Waals surface area contributed by atoms with Gasteiger partial charge in [0.15, 0.2) is 0 Å². The summed E-state index contributed by atoms with van der Waals surface area (Å²) < 4.78 is 55.2. The van der Waals surface area contributed by atoms with Crippen molar-refractivity contribution in [1.29, 1.82) is 0 Å². The summed E-state index contributed by atoms with van der Waals surface area (Å²) in [5, 5.41) is 0.690. The Morgan fingerprint density at radius 1 is 1.00 bits per heavy atom. The first-order valence-corrected chi connectivity index (χ1v) is 13.5. The molecule has 1 amide bonds. The summed E-state index contributed by atoms with van der Waals surface area (Å²) in [6.07, 6.45) is 11.1. The zero-order valence-electron chi connectivity index (χ0n) is 19.0. The van der Waals surface area contributed by atoms with E-state index in [1.807, 2.05) is 0 Å². The molecule has 9 heteroatoms. The fraction of sp³-hybridized carbons (Fsp3) is 0.346. The smallest absolute Gasteiger partial charge is 0.268 e. The number of amides is 1. The molecule has 5 rings (SSSR count). The lowest BCUT2D eigenvalue weighted by Gasteiger charge is -2.36. The van der Waals surface area contributed by atoms with Crippen molar-refractivity contribution in [1.82, 2.24) is 8.87 Å². The maximum absolute atomic E-state index is 13.8. The predicted molar refractivity (Wildman–Crippen MR) is 131 cm³/mol. The van der Waals surface area contributed by atoms with E-state index in [4.69, 9.17) is 11.6 Å². The summed E-state index contributed by atoms with van der Waals surface area (Å²) in [7, 11) is -4.39. The standard InChI is InChI=1S/C26H25ClF2N2O3S/c27-19-6-7-23-24(26(32)30-10-8-18(9-11-30)17-4-2-1-3-5-17)16-31(25(23)12-19)35(33,34)22-14-20(28)13-21(29)15-22/h2,4,6-7,12-18H,1,3,5,8-11H2. The summed E-state index contributed by atoms with van der Waals surface area (Å²) in [5.74, 6) is -1.19. The minimum absolute atomic E-state index is 0.174. The first-order valence-electron chi connectivity index (χ1n) is 11.7. The maximum Gasteiger partial charge on any atom is 0.268 e. The second-order valence-corrected chi connectivity index (χ2v) is 11.5. The van der Waals surface area contributed by atoms with Gasteiger partial charge in [0.1, 0.15) is 11.6 Å². The molecule has 3 aromatic rings. The van der Waals surface area contributed by atoms with Crippen molar-refractivity contribution in [3.8, 4) is 0 Å². The molecule has 2 aromatic carbocycles. The lowest BCUT2D eigenvalue weighted by molar-refractivity contribution is 0.0668. The zero-order valence-corrected chi connectivity index (χ0v) is 20.5. The van der Waals surface area contributed by atoms with Crippen LogP contribution in [-0.2, 0) is 10.0 Å². The minimum atomic E-state index is -4.39. The number of fused-ring (bicyclic) bond motifs is 1. The van der Waals surface area contributed by atoms with Gasteiger partial charge in [0.2, 0.25) is 0 Å². The number of piperidine rings is 1. The van der Waals surface area contributed by atoms with Crippen molar-refractivity contribution < 1.29 is 22.0 Å². The molecule has 0 radical (unpaired) electrons. The van der Waals surface area contributed by atoms with Crippen LogP contribution in [-0.4, -0.2) is 36.3 Å². The molecule has 184 valence electrons. The first kappa shape index (κ1) is 24.0. The molecule has 0 saturated carbocycles. The van der Waals surface area contributed by atoms with Crippen LogP contribution in [0, 0.1) is 23.5 Å². The second-order valence-electron chi connectivity index (χ2n) is 9.26. The molecule has 1 aromatic heterocycles. The van der Waals surface area contributed by atoms with Crippen LogP contribution >= 0.6 is 11.6 Å². The van der Waals surface area contributed by atoms with Gasteiger partial charge in [-0.05, 0) is 68.2 Å². The Morgan fingerprint density at radius 3 is 2.37 bits per heavy atom. The third-order valence-electron chi connectivity index (χ3n) is 7.08. The Kier molecular flexibility index (Phi) is 6.44. The molecule has 0 bridgehead atoms. The molecule has 5 nitrogen and oxygen atoms in total. The number of allylic oxidation sites excluding steroid dienone is 2. The van der Waals surface area contributed by atoms with E-state index >= 15 is 0 Å². The predicted octanol–water partition coefficient (Wildman–Crippen LogP) is 6.02. The van der Waals surface area contributed by atoms with Gasteiger partial charge in [-0.15, -0.1) is 0 Å². The Bertz CT molecular complexity index is 1410. The van der Waals surface area contributed by atoms with Gasteiger partial charge in [-0.3, -0.25) is 4.79 Å². The van der Waals surface area contributed by atoms with Crippen LogP contribution in [0.1, 0.15) is 42.5 Å². The van der Waals surface area contributed by atoms with E-state index in [2.05, 4.69) is 12.2 Å². The third-order valence-corrected chi connectivity index (χ3v) is 8.97. The van der Waals surface area contributed by atoms with E-state index in [9.17, 15) is 22.0 Å². The number of hydrogen-bond acceptors (Lipinski definition) is 3. The van der Waals surface area contributed by atoms with Gasteiger partial charge in [0.05, 0.1) is 16.0 Å². The van der Waals surface area contributed by atoms with Crippen LogP contribution in [0.5, 0.6) is 0 Å². The van der Waals surface area contributed by atoms with Gasteiger partial charge in [-0.1, -0.05) is 29.8 Å². The zero-order chi connectivity index (χ0) is 24.7. The van der Waals surface area contributed by atoms with Crippen LogP contribution in [0.15, 0.2) is 59.6 Å². The molecule has 0 N–H and O–H groups in total. The summed E-state index contributed by atoms with van der Waals surface area (Å²) in [6.45, 7) is 1.19. The summed E-state index contributed by atoms with van der Waals surface area (Å²) in [4.78, 5) is 14.7. The lowest BCUT2D eigenvalue weighted by Crippen LogP contribution is -2.40. The number of carbonyl (C=O) groups excluding carboxylic acids is 1. The topological polar surface area (TPSA) is 59.4 Å². The molecule has 35 heavy (non-hydrogen) atoms. The van der Waals surface area contributed by atoms with Gasteiger partial charge in [0, 0.05) is 35.8 Å². The normalized spacial score (nSPS) is 19.4. The number of hydrogen-bond donors (Lipinski definition) is 0. The van der Waals surface area contributed by atoms with E-state index in [1.165, 1.54) is 25.1 Å². The van der Waals surface area contributed by atoms with Crippen LogP contribution in [0.4, 0.5) is 8.78 Å². The van der Waals surface area contributed by atoms with E-state index in [-0.39, 0.29) is 22.0 Å². The SMILES string of the molecule is O=C(c1cn(S(=O)(=O)c2cc(F)cc(F)c2)c2cc(Cl)ccc12)N1CCC(C2C=CCCC2)CC1. The van der Waals surface area contributed by atoms with Crippen molar-refractivity contribution in [3.05, 3.63) is 77.0 Å². The second kappa shape index (κ2) is 9.39. The molecule has 0 spiro atoms. The summed E-state index contributed by atoms with van der Waals surface area (Å²) >= 11 is 6.14. The molecule has 2 aliphatic rings. The van der Waals surface area contributed by atoms with Gasteiger partial charge >= 0.3 is 0 Å². The van der Waals surface area contributed by atoms with Crippen LogP contribution in [0.25, 0.3) is 10.9 Å². The molecule has 1 saturated heterocycles. The highest BCUT2D eigenvalue weighted by Gasteiger charge is 2.31. The highest BCUT2D eigenvalue weighted by molar-refractivity contribution is 7.90. The fourth-order valence-corrected chi connectivity index (χ4v) is 6.83. The first-order chi connectivity index (χ1) is 16.7. The fourth-order valence-electron chi connectivity index (χ4n) is 5.26. The summed E-state index contributed by atoms with van der Waals surface area (Å²) in [6, 6.07) is 6.72. The van der Waals surface area contributed by atoms with Gasteiger partial charge in [-0.2, -0.15) is 0 Å². The summed E-state index contributed by atoms with van der Waals surface area (Å²) in [5.41, 5.74) is 0.390. The van der Waals surface area contributed by atoms with Crippen LogP contribution in [0.2, 0.25) is 5.02 Å². The Morgan fingerprint density at radius 2 is 1.71 bits per heavy atom.